The quantitative estimate of drug-likeness (QED) is 0.366. The summed E-state index contributed by atoms with van der Waals surface area (Å²) in [6, 6.07) is 21.3. The lowest BCUT2D eigenvalue weighted by Crippen LogP contribution is -2.31. The Hall–Kier alpha value is -3.65. The van der Waals surface area contributed by atoms with E-state index in [0.717, 1.165) is 11.1 Å². The van der Waals surface area contributed by atoms with Crippen molar-refractivity contribution < 1.29 is 17.7 Å². The lowest BCUT2D eigenvalue weighted by molar-refractivity contribution is -0.660. The summed E-state index contributed by atoms with van der Waals surface area (Å²) in [5, 5.41) is 9.70. The summed E-state index contributed by atoms with van der Waals surface area (Å²) in [5.41, 5.74) is 2.37. The fourth-order valence-corrected chi connectivity index (χ4v) is 3.86. The summed E-state index contributed by atoms with van der Waals surface area (Å²) in [5.74, 6) is 0. The van der Waals surface area contributed by atoms with Gasteiger partial charge < -0.3 is 0 Å². The second-order valence-electron chi connectivity index (χ2n) is 7.27. The van der Waals surface area contributed by atoms with Crippen LogP contribution in [0.1, 0.15) is 16.7 Å². The van der Waals surface area contributed by atoms with Crippen molar-refractivity contribution in [1.82, 2.24) is 0 Å². The molecule has 5 heteroatoms. The third-order valence-corrected chi connectivity index (χ3v) is 5.26. The number of hydrogen-bond acceptors (Lipinski definition) is 1. The van der Waals surface area contributed by atoms with Gasteiger partial charge in [0, 0.05) is 12.1 Å². The molecule has 0 amide bonds. The number of hydrogen-bond donors (Lipinski definition) is 0. The second-order valence-corrected chi connectivity index (χ2v) is 7.27. The molecule has 3 aromatic carbocycles. The van der Waals surface area contributed by atoms with E-state index in [-0.39, 0.29) is 16.5 Å². The summed E-state index contributed by atoms with van der Waals surface area (Å²) in [6.07, 6.45) is -2.81. The fraction of sp³-hybridized carbons (Fsp3) is 0.120. The normalized spacial score (nSPS) is 11.5. The van der Waals surface area contributed by atoms with Crippen molar-refractivity contribution in [1.29, 1.82) is 5.26 Å². The molecule has 0 spiro atoms. The Balaban J connectivity index is 2.09. The Morgan fingerprint density at radius 2 is 1.63 bits per heavy atom. The number of fused-ring (bicyclic) bond motifs is 1. The number of nitriles is 1. The van der Waals surface area contributed by atoms with E-state index in [9.17, 15) is 18.4 Å². The zero-order valence-corrected chi connectivity index (χ0v) is 16.5. The monoisotopic (exact) mass is 403 g/mol. The van der Waals surface area contributed by atoms with Crippen LogP contribution in [0.4, 0.5) is 13.2 Å². The summed E-state index contributed by atoms with van der Waals surface area (Å²) in [7, 11) is 1.74. The van der Waals surface area contributed by atoms with E-state index < -0.39 is 11.7 Å². The first-order chi connectivity index (χ1) is 14.3. The van der Waals surface area contributed by atoms with Crippen LogP contribution in [0.5, 0.6) is 0 Å². The van der Waals surface area contributed by atoms with E-state index in [2.05, 4.69) is 0 Å². The topological polar surface area (TPSA) is 27.7 Å². The van der Waals surface area contributed by atoms with Crippen molar-refractivity contribution >= 4 is 10.8 Å². The minimum atomic E-state index is -4.58. The van der Waals surface area contributed by atoms with Crippen LogP contribution in [0.2, 0.25) is 0 Å². The van der Waals surface area contributed by atoms with Crippen LogP contribution in [-0.2, 0) is 13.2 Å². The van der Waals surface area contributed by atoms with E-state index in [1.807, 2.05) is 42.5 Å². The van der Waals surface area contributed by atoms with Gasteiger partial charge in [0.15, 0.2) is 6.20 Å². The number of aromatic nitrogens is 1. The lowest BCUT2D eigenvalue weighted by atomic mass is 9.90. The smallest absolute Gasteiger partial charge is 0.201 e. The highest BCUT2D eigenvalue weighted by Crippen LogP contribution is 2.43. The van der Waals surface area contributed by atoms with Crippen LogP contribution in [0.15, 0.2) is 72.9 Å². The predicted molar refractivity (Wildman–Crippen MR) is 110 cm³/mol. The van der Waals surface area contributed by atoms with E-state index in [1.54, 1.807) is 42.9 Å². The van der Waals surface area contributed by atoms with Gasteiger partial charge in [0.25, 0.3) is 0 Å². The molecule has 0 aliphatic rings. The Morgan fingerprint density at radius 1 is 0.900 bits per heavy atom. The van der Waals surface area contributed by atoms with Crippen molar-refractivity contribution in [3.8, 4) is 28.5 Å². The second kappa shape index (κ2) is 7.31. The summed E-state index contributed by atoms with van der Waals surface area (Å²) in [4.78, 5) is 0. The van der Waals surface area contributed by atoms with E-state index in [0.29, 0.717) is 16.6 Å². The fourth-order valence-electron chi connectivity index (χ4n) is 3.86. The molecule has 0 atom stereocenters. The molecule has 0 unspecified atom stereocenters. The molecule has 0 saturated carbocycles. The van der Waals surface area contributed by atoms with Crippen LogP contribution in [0, 0.1) is 18.3 Å². The molecule has 1 aromatic heterocycles. The third kappa shape index (κ3) is 3.42. The van der Waals surface area contributed by atoms with E-state index in [4.69, 9.17) is 0 Å². The zero-order chi connectivity index (χ0) is 21.5. The number of pyridine rings is 1. The molecule has 0 radical (unpaired) electrons. The molecule has 2 nitrogen and oxygen atoms in total. The molecule has 4 aromatic rings. The molecule has 0 saturated heterocycles. The largest absolute Gasteiger partial charge is 0.417 e. The number of benzene rings is 3. The van der Waals surface area contributed by atoms with E-state index in [1.165, 1.54) is 12.1 Å². The molecular formula is C25H18F3N2+. The van der Waals surface area contributed by atoms with Gasteiger partial charge in [0.2, 0.25) is 5.69 Å². The minimum Gasteiger partial charge on any atom is -0.201 e. The molecule has 148 valence electrons. The Labute approximate surface area is 172 Å². The molecule has 0 aliphatic carbocycles. The predicted octanol–water partition coefficient (Wildman–Crippen LogP) is 6.20. The van der Waals surface area contributed by atoms with Gasteiger partial charge in [0.05, 0.1) is 22.8 Å². The molecule has 0 N–H and O–H groups in total. The first kappa shape index (κ1) is 19.7. The Bertz CT molecular complexity index is 1300. The minimum absolute atomic E-state index is 0.0345. The molecular weight excluding hydrogens is 385 g/mol. The maximum Gasteiger partial charge on any atom is 0.417 e. The maximum atomic E-state index is 14.3. The summed E-state index contributed by atoms with van der Waals surface area (Å²) >= 11 is 0. The number of halogens is 3. The van der Waals surface area contributed by atoms with Gasteiger partial charge in [-0.15, -0.1) is 0 Å². The standard InChI is InChI=1S/C25H18F3N2/c1-16-12-20-9-8-17(15-29)13-21(20)24(25(26,27)28)23(16)22-14-19(10-11-30(22)2)18-6-4-3-5-7-18/h3-14H,1-2H3/q+1. The van der Waals surface area contributed by atoms with Gasteiger partial charge in [-0.1, -0.05) is 42.5 Å². The van der Waals surface area contributed by atoms with Gasteiger partial charge in [-0.05, 0) is 46.5 Å². The SMILES string of the molecule is Cc1cc2ccc(C#N)cc2c(C(F)(F)F)c1-c1cc(-c2ccccc2)cc[n+]1C. The average Bonchev–Trinajstić information content (AvgIpc) is 2.73. The number of nitrogens with zero attached hydrogens (tertiary/aromatic N) is 2. The highest BCUT2D eigenvalue weighted by Gasteiger charge is 2.38. The Kier molecular flexibility index (Phi) is 4.79. The van der Waals surface area contributed by atoms with Gasteiger partial charge >= 0.3 is 6.18 Å². The zero-order valence-electron chi connectivity index (χ0n) is 16.5. The highest BCUT2D eigenvalue weighted by atomic mass is 19.4. The number of aryl methyl sites for hydroxylation is 2. The van der Waals surface area contributed by atoms with Gasteiger partial charge in [-0.3, -0.25) is 0 Å². The van der Waals surface area contributed by atoms with Gasteiger partial charge in [0.1, 0.15) is 7.05 Å². The van der Waals surface area contributed by atoms with Crippen molar-refractivity contribution in [3.63, 3.8) is 0 Å². The van der Waals surface area contributed by atoms with E-state index >= 15 is 0 Å². The molecule has 4 rings (SSSR count). The van der Waals surface area contributed by atoms with Gasteiger partial charge in [-0.2, -0.15) is 18.4 Å². The number of rotatable bonds is 2. The highest BCUT2D eigenvalue weighted by molar-refractivity contribution is 5.94. The van der Waals surface area contributed by atoms with Gasteiger partial charge in [-0.25, -0.2) is 4.57 Å². The first-order valence-corrected chi connectivity index (χ1v) is 9.39. The maximum absolute atomic E-state index is 14.3. The van der Waals surface area contributed by atoms with Crippen molar-refractivity contribution in [2.75, 3.05) is 0 Å². The van der Waals surface area contributed by atoms with Crippen LogP contribution in [-0.4, -0.2) is 0 Å². The van der Waals surface area contributed by atoms with Crippen molar-refractivity contribution in [2.24, 2.45) is 7.05 Å². The average molecular weight is 403 g/mol. The lowest BCUT2D eigenvalue weighted by Gasteiger charge is -2.18. The molecule has 0 fully saturated rings. The first-order valence-electron chi connectivity index (χ1n) is 9.39. The summed E-state index contributed by atoms with van der Waals surface area (Å²) in [6.45, 7) is 1.69. The van der Waals surface area contributed by atoms with Crippen molar-refractivity contribution in [3.05, 3.63) is 89.6 Å². The van der Waals surface area contributed by atoms with Crippen LogP contribution >= 0.6 is 0 Å². The third-order valence-electron chi connectivity index (χ3n) is 5.26. The molecule has 0 aliphatic heterocycles. The molecule has 30 heavy (non-hydrogen) atoms. The number of alkyl halides is 3. The van der Waals surface area contributed by atoms with Crippen LogP contribution in [0.25, 0.3) is 33.2 Å². The van der Waals surface area contributed by atoms with Crippen LogP contribution in [0.3, 0.4) is 0 Å². The van der Waals surface area contributed by atoms with Crippen LogP contribution < -0.4 is 4.57 Å². The molecule has 1 heterocycles. The molecule has 0 bridgehead atoms. The van der Waals surface area contributed by atoms with Crippen molar-refractivity contribution in [2.45, 2.75) is 13.1 Å². The summed E-state index contributed by atoms with van der Waals surface area (Å²) < 4.78 is 44.7. The Morgan fingerprint density at radius 3 is 2.30 bits per heavy atom.